The van der Waals surface area contributed by atoms with Crippen molar-refractivity contribution in [1.29, 1.82) is 0 Å². The number of carbonyl (C=O) groups is 1. The fourth-order valence-corrected chi connectivity index (χ4v) is 2.84. The topological polar surface area (TPSA) is 58.8 Å². The highest BCUT2D eigenvalue weighted by atomic mass is 35.5. The SMILES string of the molecule is CC(C)C[C@H](N)C(=O)N1CCN(CCOc2ccccc2)CC1.Cl.Cl. The van der Waals surface area contributed by atoms with Crippen molar-refractivity contribution in [3.05, 3.63) is 30.3 Å². The Hall–Kier alpha value is -1.01. The fraction of sp³-hybridized carbons (Fsp3) is 0.611. The summed E-state index contributed by atoms with van der Waals surface area (Å²) in [5, 5.41) is 0. The van der Waals surface area contributed by atoms with E-state index in [2.05, 4.69) is 18.7 Å². The van der Waals surface area contributed by atoms with Crippen LogP contribution in [0.2, 0.25) is 0 Å². The molecule has 0 radical (unpaired) electrons. The number of para-hydroxylation sites is 1. The largest absolute Gasteiger partial charge is 0.492 e. The molecule has 0 saturated carbocycles. The third-order valence-electron chi connectivity index (χ3n) is 4.15. The highest BCUT2D eigenvalue weighted by molar-refractivity contribution is 5.85. The van der Waals surface area contributed by atoms with Crippen LogP contribution in [0.25, 0.3) is 0 Å². The second-order valence-corrected chi connectivity index (χ2v) is 6.56. The zero-order valence-corrected chi connectivity index (χ0v) is 16.7. The number of hydrogen-bond donors (Lipinski definition) is 1. The summed E-state index contributed by atoms with van der Waals surface area (Å²) in [5.74, 6) is 1.45. The molecule has 1 aliphatic heterocycles. The lowest BCUT2D eigenvalue weighted by Gasteiger charge is -2.36. The van der Waals surface area contributed by atoms with Crippen LogP contribution in [0.3, 0.4) is 0 Å². The molecule has 7 heteroatoms. The molecule has 1 amide bonds. The minimum atomic E-state index is -0.358. The summed E-state index contributed by atoms with van der Waals surface area (Å²) in [6.45, 7) is 9.04. The van der Waals surface area contributed by atoms with Crippen LogP contribution in [0, 0.1) is 5.92 Å². The Balaban J connectivity index is 0.00000288. The van der Waals surface area contributed by atoms with Gasteiger partial charge in [0, 0.05) is 32.7 Å². The van der Waals surface area contributed by atoms with Crippen LogP contribution < -0.4 is 10.5 Å². The van der Waals surface area contributed by atoms with Crippen LogP contribution in [-0.4, -0.2) is 61.1 Å². The van der Waals surface area contributed by atoms with Gasteiger partial charge in [-0.2, -0.15) is 0 Å². The van der Waals surface area contributed by atoms with Crippen molar-refractivity contribution in [2.75, 3.05) is 39.3 Å². The first-order valence-electron chi connectivity index (χ1n) is 8.51. The average molecular weight is 392 g/mol. The molecular weight excluding hydrogens is 361 g/mol. The summed E-state index contributed by atoms with van der Waals surface area (Å²) in [6, 6.07) is 9.50. The molecule has 1 aromatic rings. The average Bonchev–Trinajstić information content (AvgIpc) is 2.55. The summed E-state index contributed by atoms with van der Waals surface area (Å²) in [5.41, 5.74) is 6.00. The van der Waals surface area contributed by atoms with Gasteiger partial charge in [0.2, 0.25) is 5.91 Å². The maximum absolute atomic E-state index is 12.3. The maximum atomic E-state index is 12.3. The first-order valence-corrected chi connectivity index (χ1v) is 8.51. The zero-order chi connectivity index (χ0) is 16.7. The number of nitrogens with zero attached hydrogens (tertiary/aromatic N) is 2. The smallest absolute Gasteiger partial charge is 0.239 e. The van der Waals surface area contributed by atoms with Crippen LogP contribution in [0.15, 0.2) is 30.3 Å². The lowest BCUT2D eigenvalue weighted by atomic mass is 10.0. The van der Waals surface area contributed by atoms with E-state index in [1.165, 1.54) is 0 Å². The Kier molecular flexibility index (Phi) is 11.9. The lowest BCUT2D eigenvalue weighted by Crippen LogP contribution is -2.53. The molecule has 0 spiro atoms. The normalized spacial score (nSPS) is 15.9. The Labute approximate surface area is 163 Å². The second-order valence-electron chi connectivity index (χ2n) is 6.56. The van der Waals surface area contributed by atoms with E-state index in [1.807, 2.05) is 35.2 Å². The molecule has 2 rings (SSSR count). The molecular formula is C18H31Cl2N3O2. The number of benzene rings is 1. The molecule has 144 valence electrons. The minimum absolute atomic E-state index is 0. The van der Waals surface area contributed by atoms with Crippen LogP contribution in [-0.2, 0) is 4.79 Å². The molecule has 2 N–H and O–H groups in total. The first kappa shape index (κ1) is 24.0. The van der Waals surface area contributed by atoms with E-state index < -0.39 is 0 Å². The molecule has 25 heavy (non-hydrogen) atoms. The monoisotopic (exact) mass is 391 g/mol. The summed E-state index contributed by atoms with van der Waals surface area (Å²) in [6.07, 6.45) is 0.754. The van der Waals surface area contributed by atoms with Crippen molar-refractivity contribution in [3.8, 4) is 5.75 Å². The summed E-state index contributed by atoms with van der Waals surface area (Å²) >= 11 is 0. The molecule has 0 unspecified atom stereocenters. The Morgan fingerprint density at radius 3 is 2.28 bits per heavy atom. The maximum Gasteiger partial charge on any atom is 0.239 e. The molecule has 0 bridgehead atoms. The number of hydrogen-bond acceptors (Lipinski definition) is 4. The summed E-state index contributed by atoms with van der Waals surface area (Å²) in [4.78, 5) is 16.5. The van der Waals surface area contributed by atoms with E-state index in [0.29, 0.717) is 12.5 Å². The molecule has 1 fully saturated rings. The summed E-state index contributed by atoms with van der Waals surface area (Å²) in [7, 11) is 0. The number of amides is 1. The van der Waals surface area contributed by atoms with E-state index in [1.54, 1.807) is 0 Å². The minimum Gasteiger partial charge on any atom is -0.492 e. The van der Waals surface area contributed by atoms with E-state index in [-0.39, 0.29) is 36.8 Å². The van der Waals surface area contributed by atoms with Gasteiger partial charge in [-0.3, -0.25) is 9.69 Å². The molecule has 0 aliphatic carbocycles. The van der Waals surface area contributed by atoms with Gasteiger partial charge in [-0.15, -0.1) is 24.8 Å². The highest BCUT2D eigenvalue weighted by Gasteiger charge is 2.25. The Morgan fingerprint density at radius 1 is 1.12 bits per heavy atom. The number of carbonyl (C=O) groups excluding carboxylic acids is 1. The van der Waals surface area contributed by atoms with Gasteiger partial charge < -0.3 is 15.4 Å². The van der Waals surface area contributed by atoms with Crippen LogP contribution in [0.1, 0.15) is 20.3 Å². The summed E-state index contributed by atoms with van der Waals surface area (Å²) < 4.78 is 5.72. The van der Waals surface area contributed by atoms with Gasteiger partial charge in [0.15, 0.2) is 0 Å². The van der Waals surface area contributed by atoms with E-state index >= 15 is 0 Å². The number of nitrogens with two attached hydrogens (primary N) is 1. The highest BCUT2D eigenvalue weighted by Crippen LogP contribution is 2.10. The van der Waals surface area contributed by atoms with E-state index in [4.69, 9.17) is 10.5 Å². The van der Waals surface area contributed by atoms with Gasteiger partial charge in [-0.05, 0) is 24.5 Å². The van der Waals surface area contributed by atoms with Gasteiger partial charge in [0.05, 0.1) is 6.04 Å². The lowest BCUT2D eigenvalue weighted by molar-refractivity contribution is -0.134. The molecule has 1 saturated heterocycles. The molecule has 1 atom stereocenters. The van der Waals surface area contributed by atoms with Crippen LogP contribution in [0.5, 0.6) is 5.75 Å². The Bertz CT molecular complexity index is 480. The fourth-order valence-electron chi connectivity index (χ4n) is 2.84. The number of rotatable bonds is 7. The molecule has 5 nitrogen and oxygen atoms in total. The van der Waals surface area contributed by atoms with Crippen molar-refractivity contribution >= 4 is 30.7 Å². The van der Waals surface area contributed by atoms with Crippen molar-refractivity contribution in [1.82, 2.24) is 9.80 Å². The molecule has 1 aliphatic rings. The predicted molar refractivity (Wildman–Crippen MR) is 107 cm³/mol. The van der Waals surface area contributed by atoms with E-state index in [0.717, 1.165) is 44.9 Å². The van der Waals surface area contributed by atoms with Crippen LogP contribution >= 0.6 is 24.8 Å². The quantitative estimate of drug-likeness (QED) is 0.775. The van der Waals surface area contributed by atoms with Crippen LogP contribution in [0.4, 0.5) is 0 Å². The van der Waals surface area contributed by atoms with Gasteiger partial charge in [0.25, 0.3) is 0 Å². The van der Waals surface area contributed by atoms with Crippen molar-refractivity contribution in [2.45, 2.75) is 26.3 Å². The van der Waals surface area contributed by atoms with Gasteiger partial charge >= 0.3 is 0 Å². The molecule has 1 heterocycles. The van der Waals surface area contributed by atoms with Crippen molar-refractivity contribution in [3.63, 3.8) is 0 Å². The van der Waals surface area contributed by atoms with Gasteiger partial charge in [-0.25, -0.2) is 0 Å². The van der Waals surface area contributed by atoms with E-state index in [9.17, 15) is 4.79 Å². The molecule has 0 aromatic heterocycles. The van der Waals surface area contributed by atoms with Crippen molar-refractivity contribution in [2.24, 2.45) is 11.7 Å². The second kappa shape index (κ2) is 12.4. The third kappa shape index (κ3) is 8.27. The number of halogens is 2. The standard InChI is InChI=1S/C18H29N3O2.2ClH/c1-15(2)14-17(19)18(22)21-10-8-20(9-11-21)12-13-23-16-6-4-3-5-7-16;;/h3-7,15,17H,8-14,19H2,1-2H3;2*1H/t17-;;/m0../s1. The zero-order valence-electron chi connectivity index (χ0n) is 15.1. The third-order valence-corrected chi connectivity index (χ3v) is 4.15. The Morgan fingerprint density at radius 2 is 1.72 bits per heavy atom. The predicted octanol–water partition coefficient (Wildman–Crippen LogP) is 2.43. The molecule has 1 aromatic carbocycles. The number of piperazine rings is 1. The van der Waals surface area contributed by atoms with Crippen molar-refractivity contribution < 1.29 is 9.53 Å². The van der Waals surface area contributed by atoms with Gasteiger partial charge in [0.1, 0.15) is 12.4 Å². The van der Waals surface area contributed by atoms with Gasteiger partial charge in [-0.1, -0.05) is 32.0 Å². The first-order chi connectivity index (χ1) is 11.1. The number of ether oxygens (including phenoxy) is 1.